The number of hydrogen-bond acceptors (Lipinski definition) is 2. The second-order valence-electron chi connectivity index (χ2n) is 3.13. The van der Waals surface area contributed by atoms with Crippen LogP contribution in [0.3, 0.4) is 0 Å². The SMILES string of the molecule is NC(=O)c1ccc(-n2cc(I)cn2)c(Br)c1. The Kier molecular flexibility index (Phi) is 3.29. The lowest BCUT2D eigenvalue weighted by atomic mass is 10.2. The molecule has 0 spiro atoms. The number of carbonyl (C=O) groups excluding carboxylic acids is 1. The van der Waals surface area contributed by atoms with Gasteiger partial charge in [0.25, 0.3) is 0 Å². The van der Waals surface area contributed by atoms with Crippen LogP contribution in [0.15, 0.2) is 35.1 Å². The summed E-state index contributed by atoms with van der Waals surface area (Å²) in [6.07, 6.45) is 3.65. The second-order valence-corrected chi connectivity index (χ2v) is 5.23. The fraction of sp³-hybridized carbons (Fsp3) is 0. The molecule has 0 radical (unpaired) electrons. The van der Waals surface area contributed by atoms with E-state index in [9.17, 15) is 4.79 Å². The molecular formula is C10H7BrIN3O. The van der Waals surface area contributed by atoms with Crippen molar-refractivity contribution >= 4 is 44.4 Å². The van der Waals surface area contributed by atoms with Crippen LogP contribution < -0.4 is 5.73 Å². The monoisotopic (exact) mass is 391 g/mol. The maximum atomic E-state index is 11.0. The molecule has 0 fully saturated rings. The van der Waals surface area contributed by atoms with Crippen LogP contribution >= 0.6 is 38.5 Å². The first-order chi connectivity index (χ1) is 7.58. The third kappa shape index (κ3) is 2.27. The van der Waals surface area contributed by atoms with Crippen molar-refractivity contribution in [2.45, 2.75) is 0 Å². The minimum Gasteiger partial charge on any atom is -0.366 e. The van der Waals surface area contributed by atoms with E-state index in [1.807, 2.05) is 6.20 Å². The van der Waals surface area contributed by atoms with Crippen LogP contribution in [0.25, 0.3) is 5.69 Å². The van der Waals surface area contributed by atoms with Crippen molar-refractivity contribution in [1.82, 2.24) is 9.78 Å². The Morgan fingerprint density at radius 2 is 2.25 bits per heavy atom. The molecule has 1 amide bonds. The molecule has 0 bridgehead atoms. The molecule has 1 aromatic heterocycles. The van der Waals surface area contributed by atoms with Gasteiger partial charge in [0.05, 0.1) is 15.5 Å². The summed E-state index contributed by atoms with van der Waals surface area (Å²) < 4.78 is 3.56. The summed E-state index contributed by atoms with van der Waals surface area (Å²) in [5.41, 5.74) is 6.53. The number of amides is 1. The molecule has 0 aliphatic carbocycles. The summed E-state index contributed by atoms with van der Waals surface area (Å²) in [5.74, 6) is -0.442. The molecule has 6 heteroatoms. The topological polar surface area (TPSA) is 60.9 Å². The lowest BCUT2D eigenvalue weighted by Crippen LogP contribution is -2.11. The smallest absolute Gasteiger partial charge is 0.248 e. The number of benzene rings is 1. The van der Waals surface area contributed by atoms with Crippen molar-refractivity contribution in [3.8, 4) is 5.69 Å². The van der Waals surface area contributed by atoms with E-state index < -0.39 is 5.91 Å². The number of nitrogens with two attached hydrogens (primary N) is 1. The maximum Gasteiger partial charge on any atom is 0.248 e. The summed E-state index contributed by atoms with van der Waals surface area (Å²) in [7, 11) is 0. The van der Waals surface area contributed by atoms with Crippen molar-refractivity contribution in [3.05, 3.63) is 44.2 Å². The molecule has 2 N–H and O–H groups in total. The van der Waals surface area contributed by atoms with Crippen molar-refractivity contribution in [2.24, 2.45) is 5.73 Å². The van der Waals surface area contributed by atoms with E-state index >= 15 is 0 Å². The average molecular weight is 392 g/mol. The van der Waals surface area contributed by atoms with Crippen LogP contribution in [0.5, 0.6) is 0 Å². The first-order valence-corrected chi connectivity index (χ1v) is 6.25. The van der Waals surface area contributed by atoms with Crippen LogP contribution in [0.2, 0.25) is 0 Å². The van der Waals surface area contributed by atoms with Crippen LogP contribution in [-0.4, -0.2) is 15.7 Å². The summed E-state index contributed by atoms with van der Waals surface area (Å²) >= 11 is 5.57. The normalized spacial score (nSPS) is 10.4. The molecule has 0 saturated heterocycles. The summed E-state index contributed by atoms with van der Waals surface area (Å²) in [6.45, 7) is 0. The molecule has 0 unspecified atom stereocenters. The predicted octanol–water partition coefficient (Wildman–Crippen LogP) is 2.34. The molecule has 0 aliphatic rings. The zero-order valence-electron chi connectivity index (χ0n) is 8.02. The molecule has 82 valence electrons. The zero-order chi connectivity index (χ0) is 11.7. The quantitative estimate of drug-likeness (QED) is 0.798. The highest BCUT2D eigenvalue weighted by molar-refractivity contribution is 14.1. The standard InChI is InChI=1S/C10H7BrIN3O/c11-8-3-6(10(13)16)1-2-9(8)15-5-7(12)4-14-15/h1-5H,(H2,13,16). The number of aromatic nitrogens is 2. The van der Waals surface area contributed by atoms with Gasteiger partial charge < -0.3 is 5.73 Å². The lowest BCUT2D eigenvalue weighted by Gasteiger charge is -2.05. The van der Waals surface area contributed by atoms with Crippen molar-refractivity contribution < 1.29 is 4.79 Å². The van der Waals surface area contributed by atoms with Crippen molar-refractivity contribution in [1.29, 1.82) is 0 Å². The van der Waals surface area contributed by atoms with Gasteiger partial charge in [-0.3, -0.25) is 4.79 Å². The fourth-order valence-corrected chi connectivity index (χ4v) is 2.23. The molecule has 0 atom stereocenters. The zero-order valence-corrected chi connectivity index (χ0v) is 11.8. The molecule has 1 heterocycles. The molecule has 2 rings (SSSR count). The van der Waals surface area contributed by atoms with Gasteiger partial charge in [-0.15, -0.1) is 0 Å². The molecular weight excluding hydrogens is 385 g/mol. The predicted molar refractivity (Wildman–Crippen MR) is 72.5 cm³/mol. The van der Waals surface area contributed by atoms with E-state index in [0.717, 1.165) is 13.7 Å². The van der Waals surface area contributed by atoms with E-state index in [2.05, 4.69) is 43.6 Å². The number of carbonyl (C=O) groups is 1. The Labute approximate surface area is 114 Å². The highest BCUT2D eigenvalue weighted by Gasteiger charge is 2.07. The van der Waals surface area contributed by atoms with Crippen LogP contribution in [0.1, 0.15) is 10.4 Å². The van der Waals surface area contributed by atoms with E-state index in [1.54, 1.807) is 29.1 Å². The van der Waals surface area contributed by atoms with Crippen LogP contribution in [0, 0.1) is 3.57 Å². The number of primary amides is 1. The minimum atomic E-state index is -0.442. The highest BCUT2D eigenvalue weighted by atomic mass is 127. The summed E-state index contributed by atoms with van der Waals surface area (Å²) in [5, 5.41) is 4.18. The lowest BCUT2D eigenvalue weighted by molar-refractivity contribution is 0.100. The van der Waals surface area contributed by atoms with E-state index in [1.165, 1.54) is 0 Å². The van der Waals surface area contributed by atoms with Gasteiger partial charge in [0.1, 0.15) is 0 Å². The first kappa shape index (κ1) is 11.6. The van der Waals surface area contributed by atoms with Gasteiger partial charge in [-0.25, -0.2) is 4.68 Å². The Balaban J connectivity index is 2.47. The molecule has 16 heavy (non-hydrogen) atoms. The Morgan fingerprint density at radius 1 is 1.50 bits per heavy atom. The minimum absolute atomic E-state index is 0.442. The van der Waals surface area contributed by atoms with Gasteiger partial charge >= 0.3 is 0 Å². The molecule has 2 aromatic rings. The fourth-order valence-electron chi connectivity index (χ4n) is 1.28. The van der Waals surface area contributed by atoms with Gasteiger partial charge in [0, 0.05) is 16.2 Å². The Bertz CT molecular complexity index is 553. The van der Waals surface area contributed by atoms with E-state index in [-0.39, 0.29) is 0 Å². The summed E-state index contributed by atoms with van der Waals surface area (Å²) in [6, 6.07) is 5.16. The van der Waals surface area contributed by atoms with Gasteiger partial charge in [0.15, 0.2) is 0 Å². The Morgan fingerprint density at radius 3 is 2.75 bits per heavy atom. The number of hydrogen-bond donors (Lipinski definition) is 1. The number of halogens is 2. The molecule has 0 aliphatic heterocycles. The Hall–Kier alpha value is -0.890. The number of rotatable bonds is 2. The van der Waals surface area contributed by atoms with Gasteiger partial charge in [-0.1, -0.05) is 0 Å². The van der Waals surface area contributed by atoms with Gasteiger partial charge in [0.2, 0.25) is 5.91 Å². The summed E-state index contributed by atoms with van der Waals surface area (Å²) in [4.78, 5) is 11.0. The maximum absolute atomic E-state index is 11.0. The van der Waals surface area contributed by atoms with Crippen LogP contribution in [0.4, 0.5) is 0 Å². The largest absolute Gasteiger partial charge is 0.366 e. The molecule has 0 saturated carbocycles. The number of nitrogens with zero attached hydrogens (tertiary/aromatic N) is 2. The van der Waals surface area contributed by atoms with E-state index in [4.69, 9.17) is 5.73 Å². The molecule has 4 nitrogen and oxygen atoms in total. The second kappa shape index (κ2) is 4.54. The third-order valence-electron chi connectivity index (χ3n) is 2.03. The average Bonchev–Trinajstić information content (AvgIpc) is 2.64. The van der Waals surface area contributed by atoms with Crippen LogP contribution in [-0.2, 0) is 0 Å². The van der Waals surface area contributed by atoms with Crippen molar-refractivity contribution in [2.75, 3.05) is 0 Å². The first-order valence-electron chi connectivity index (χ1n) is 4.38. The van der Waals surface area contributed by atoms with Gasteiger partial charge in [-0.2, -0.15) is 5.10 Å². The van der Waals surface area contributed by atoms with Crippen molar-refractivity contribution in [3.63, 3.8) is 0 Å². The third-order valence-corrected chi connectivity index (χ3v) is 3.22. The van der Waals surface area contributed by atoms with Gasteiger partial charge in [-0.05, 0) is 56.7 Å². The highest BCUT2D eigenvalue weighted by Crippen LogP contribution is 2.22. The van der Waals surface area contributed by atoms with E-state index in [0.29, 0.717) is 5.56 Å². The molecule has 1 aromatic carbocycles.